The predicted molar refractivity (Wildman–Crippen MR) is 196 cm³/mol. The Morgan fingerprint density at radius 2 is 1.15 bits per heavy atom. The lowest BCUT2D eigenvalue weighted by Crippen LogP contribution is -2.45. The minimum Gasteiger partial charge on any atom is -0.756 e. The number of quaternary nitrogens is 1. The van der Waals surface area contributed by atoms with Crippen molar-refractivity contribution in [3.63, 3.8) is 0 Å². The lowest BCUT2D eigenvalue weighted by atomic mass is 10.0. The van der Waals surface area contributed by atoms with Gasteiger partial charge < -0.3 is 28.8 Å². The number of nitrogens with zero attached hydrogens (tertiary/aromatic N) is 1. The van der Waals surface area contributed by atoms with Gasteiger partial charge in [0.25, 0.3) is 7.82 Å². The summed E-state index contributed by atoms with van der Waals surface area (Å²) in [6.07, 6.45) is 32.5. The normalized spacial score (nSPS) is 14.8. The van der Waals surface area contributed by atoms with Crippen molar-refractivity contribution in [2.24, 2.45) is 0 Å². The Labute approximate surface area is 291 Å². The van der Waals surface area contributed by atoms with E-state index in [1.54, 1.807) is 6.08 Å². The van der Waals surface area contributed by atoms with Crippen molar-refractivity contribution >= 4 is 13.7 Å². The highest BCUT2D eigenvalue weighted by Crippen LogP contribution is 2.38. The molecule has 0 fully saturated rings. The fraction of sp³-hybridized carbons (Fsp3) is 0.921. The van der Waals surface area contributed by atoms with E-state index in [-0.39, 0.29) is 19.1 Å². The van der Waals surface area contributed by atoms with Gasteiger partial charge in [-0.25, -0.2) is 0 Å². The molecule has 0 heterocycles. The number of hydrogen-bond acceptors (Lipinski definition) is 6. The number of likely N-dealkylation sites (N-methyl/N-ethyl adjacent to an activating group) is 1. The average Bonchev–Trinajstić information content (AvgIpc) is 3.01. The van der Waals surface area contributed by atoms with E-state index in [1.807, 2.05) is 27.2 Å². The molecule has 1 amide bonds. The fourth-order valence-electron chi connectivity index (χ4n) is 5.56. The Balaban J connectivity index is 4.47. The number of carbonyl (C=O) groups excluding carboxylic acids is 1. The molecule has 0 aromatic carbocycles. The predicted octanol–water partition coefficient (Wildman–Crippen LogP) is 9.39. The smallest absolute Gasteiger partial charge is 0.268 e. The largest absolute Gasteiger partial charge is 0.756 e. The highest BCUT2D eigenvalue weighted by molar-refractivity contribution is 7.45. The van der Waals surface area contributed by atoms with Crippen LogP contribution in [0.5, 0.6) is 0 Å². The molecule has 8 nitrogen and oxygen atoms in total. The first kappa shape index (κ1) is 46.2. The highest BCUT2D eigenvalue weighted by Gasteiger charge is 2.23. The summed E-state index contributed by atoms with van der Waals surface area (Å²) in [7, 11) is 1.26. The number of allylic oxidation sites excluding steroid dienone is 1. The Morgan fingerprint density at radius 3 is 1.60 bits per heavy atom. The van der Waals surface area contributed by atoms with E-state index < -0.39 is 20.0 Å². The zero-order chi connectivity index (χ0) is 35.1. The molecule has 0 aliphatic carbocycles. The van der Waals surface area contributed by atoms with Gasteiger partial charge in [0.2, 0.25) is 5.91 Å². The molecule has 0 rings (SSSR count). The molecule has 3 atom stereocenters. The van der Waals surface area contributed by atoms with Crippen molar-refractivity contribution < 1.29 is 32.9 Å². The van der Waals surface area contributed by atoms with E-state index in [4.69, 9.17) is 9.05 Å². The van der Waals surface area contributed by atoms with Crippen molar-refractivity contribution in [3.8, 4) is 0 Å². The first-order chi connectivity index (χ1) is 22.5. The number of unbranched alkanes of at least 4 members (excludes halogenated alkanes) is 22. The lowest BCUT2D eigenvalue weighted by molar-refractivity contribution is -0.870. The lowest BCUT2D eigenvalue weighted by Gasteiger charge is -2.29. The molecule has 1 unspecified atom stereocenters. The summed E-state index contributed by atoms with van der Waals surface area (Å²) in [6, 6.07) is -0.877. The maximum atomic E-state index is 12.7. The molecule has 0 aromatic heterocycles. The van der Waals surface area contributed by atoms with Crippen LogP contribution in [-0.2, 0) is 18.4 Å². The van der Waals surface area contributed by atoms with Gasteiger partial charge in [0.15, 0.2) is 0 Å². The number of phosphoric ester groups is 1. The monoisotopic (exact) mass is 689 g/mol. The second-order valence-corrected chi connectivity index (χ2v) is 16.1. The standard InChI is InChI=1S/C38H77N2O6P/c1-6-8-10-12-14-16-17-18-19-20-21-22-24-25-27-29-31-37(41)36(35-46-47(43,44)45-34-33-40(3,4)5)39-38(42)32-30-28-26-23-15-13-11-9-7-2/h29,31,36-37,41H,6-28,30,32-35H2,1-5H3,(H-,39,42,43,44)/b31-29+/t36-,37+/m1/s1. The molecule has 0 radical (unpaired) electrons. The average molecular weight is 689 g/mol. The van der Waals surface area contributed by atoms with Gasteiger partial charge in [0.05, 0.1) is 39.9 Å². The molecule has 2 N–H and O–H groups in total. The Kier molecular flexibility index (Phi) is 30.7. The summed E-state index contributed by atoms with van der Waals surface area (Å²) in [6.45, 7) is 4.61. The number of nitrogens with one attached hydrogen (secondary N) is 1. The van der Waals surface area contributed by atoms with Crippen molar-refractivity contribution in [1.29, 1.82) is 0 Å². The van der Waals surface area contributed by atoms with E-state index in [0.717, 1.165) is 38.5 Å². The van der Waals surface area contributed by atoms with Gasteiger partial charge in [0, 0.05) is 6.42 Å². The van der Waals surface area contributed by atoms with Crippen LogP contribution >= 0.6 is 7.82 Å². The van der Waals surface area contributed by atoms with Gasteiger partial charge in [-0.1, -0.05) is 161 Å². The quantitative estimate of drug-likeness (QED) is 0.0297. The summed E-state index contributed by atoms with van der Waals surface area (Å²) in [5, 5.41) is 13.7. The zero-order valence-electron chi connectivity index (χ0n) is 31.5. The molecular weight excluding hydrogens is 611 g/mol. The number of carbonyl (C=O) groups is 1. The Hall–Kier alpha value is -0.760. The first-order valence-corrected chi connectivity index (χ1v) is 21.0. The minimum atomic E-state index is -4.57. The van der Waals surface area contributed by atoms with Gasteiger partial charge in [0.1, 0.15) is 13.2 Å². The summed E-state index contributed by atoms with van der Waals surface area (Å²) < 4.78 is 23.1. The first-order valence-electron chi connectivity index (χ1n) is 19.6. The van der Waals surface area contributed by atoms with Crippen molar-refractivity contribution in [2.75, 3.05) is 40.9 Å². The van der Waals surface area contributed by atoms with E-state index in [9.17, 15) is 19.4 Å². The van der Waals surface area contributed by atoms with Crippen molar-refractivity contribution in [3.05, 3.63) is 12.2 Å². The van der Waals surface area contributed by atoms with Crippen molar-refractivity contribution in [1.82, 2.24) is 5.32 Å². The zero-order valence-corrected chi connectivity index (χ0v) is 32.4. The summed E-state index contributed by atoms with van der Waals surface area (Å²) in [5.41, 5.74) is 0. The number of aliphatic hydroxyl groups is 1. The molecule has 0 aliphatic heterocycles. The van der Waals surface area contributed by atoms with Crippen LogP contribution in [-0.4, -0.2) is 68.5 Å². The summed E-state index contributed by atoms with van der Waals surface area (Å²) in [4.78, 5) is 25.1. The number of rotatable bonds is 35. The number of phosphoric acid groups is 1. The Morgan fingerprint density at radius 1 is 0.723 bits per heavy atom. The fourth-order valence-corrected chi connectivity index (χ4v) is 6.29. The van der Waals surface area contributed by atoms with Crippen LogP contribution in [0.1, 0.15) is 174 Å². The molecule has 0 spiro atoms. The van der Waals surface area contributed by atoms with Crippen LogP contribution < -0.4 is 10.2 Å². The van der Waals surface area contributed by atoms with Crippen LogP contribution in [0, 0.1) is 0 Å². The third-order valence-electron chi connectivity index (χ3n) is 8.75. The van der Waals surface area contributed by atoms with Crippen LogP contribution in [0.2, 0.25) is 0 Å². The van der Waals surface area contributed by atoms with Gasteiger partial charge in [-0.15, -0.1) is 0 Å². The van der Waals surface area contributed by atoms with Crippen LogP contribution in [0.4, 0.5) is 0 Å². The molecule has 280 valence electrons. The maximum Gasteiger partial charge on any atom is 0.268 e. The van der Waals surface area contributed by atoms with Crippen molar-refractivity contribution in [2.45, 2.75) is 187 Å². The molecule has 0 bridgehead atoms. The third kappa shape index (κ3) is 33.5. The topological polar surface area (TPSA) is 108 Å². The SMILES string of the molecule is CCCCCCCCCCCCCCCC/C=C/[C@H](O)[C@@H](COP(=O)([O-])OCC[N+](C)(C)C)NC(=O)CCCCCCCCCCC. The highest BCUT2D eigenvalue weighted by atomic mass is 31.2. The molecule has 0 saturated carbocycles. The van der Waals surface area contributed by atoms with Crippen LogP contribution in [0.25, 0.3) is 0 Å². The summed E-state index contributed by atoms with van der Waals surface area (Å²) in [5.74, 6) is -0.201. The van der Waals surface area contributed by atoms with E-state index >= 15 is 0 Å². The van der Waals surface area contributed by atoms with Crippen LogP contribution in [0.15, 0.2) is 12.2 Å². The van der Waals surface area contributed by atoms with Gasteiger partial charge >= 0.3 is 0 Å². The summed E-state index contributed by atoms with van der Waals surface area (Å²) >= 11 is 0. The van der Waals surface area contributed by atoms with Gasteiger partial charge in [-0.3, -0.25) is 9.36 Å². The molecular formula is C38H77N2O6P. The minimum absolute atomic E-state index is 0.00155. The van der Waals surface area contributed by atoms with Gasteiger partial charge in [-0.2, -0.15) is 0 Å². The number of hydrogen-bond donors (Lipinski definition) is 2. The van der Waals surface area contributed by atoms with E-state index in [0.29, 0.717) is 17.4 Å². The molecule has 0 aliphatic rings. The number of aliphatic hydroxyl groups excluding tert-OH is 1. The van der Waals surface area contributed by atoms with Crippen LogP contribution in [0.3, 0.4) is 0 Å². The second-order valence-electron chi connectivity index (χ2n) is 14.6. The third-order valence-corrected chi connectivity index (χ3v) is 9.71. The van der Waals surface area contributed by atoms with Gasteiger partial charge in [-0.05, 0) is 19.3 Å². The molecule has 0 aromatic rings. The number of amides is 1. The van der Waals surface area contributed by atoms with E-state index in [2.05, 4.69) is 19.2 Å². The van der Waals surface area contributed by atoms with E-state index in [1.165, 1.54) is 116 Å². The Bertz CT molecular complexity index is 789. The maximum absolute atomic E-state index is 12.7. The molecule has 9 heteroatoms. The molecule has 47 heavy (non-hydrogen) atoms. The molecule has 0 saturated heterocycles. The second kappa shape index (κ2) is 31.2.